The van der Waals surface area contributed by atoms with Crippen molar-refractivity contribution in [2.45, 2.75) is 4.90 Å². The molecular weight excluding hydrogens is 282 g/mol. The number of benzene rings is 1. The van der Waals surface area contributed by atoms with E-state index in [1.165, 1.54) is 12.3 Å². The number of amides is 1. The van der Waals surface area contributed by atoms with E-state index in [2.05, 4.69) is 10.3 Å². The van der Waals surface area contributed by atoms with Crippen LogP contribution in [0.1, 0.15) is 10.4 Å². The number of aromatic nitrogens is 1. The van der Waals surface area contributed by atoms with E-state index in [4.69, 9.17) is 16.9 Å². The lowest BCUT2D eigenvalue weighted by molar-refractivity contribution is 0.102. The van der Waals surface area contributed by atoms with Gasteiger partial charge in [-0.25, -0.2) is 4.98 Å². The van der Waals surface area contributed by atoms with Gasteiger partial charge in [-0.2, -0.15) is 5.26 Å². The fourth-order valence-corrected chi connectivity index (χ4v) is 1.96. The number of thiocyanates is 1. The third-order valence-electron chi connectivity index (χ3n) is 2.26. The normalized spacial score (nSPS) is 9.68. The average molecular weight is 290 g/mol. The standard InChI is InChI=1S/C13H8ClN3OS/c14-12-7-9(5-6-16-12)13(18)17-10-1-3-11(4-2-10)19-8-15/h1-7H,(H,17,18). The summed E-state index contributed by atoms with van der Waals surface area (Å²) in [6.45, 7) is 0. The predicted octanol–water partition coefficient (Wildman–Crippen LogP) is 3.56. The maximum Gasteiger partial charge on any atom is 0.255 e. The molecule has 0 unspecified atom stereocenters. The van der Waals surface area contributed by atoms with E-state index in [0.29, 0.717) is 11.3 Å². The highest BCUT2D eigenvalue weighted by Crippen LogP contribution is 2.19. The number of nitrogens with one attached hydrogen (secondary N) is 1. The summed E-state index contributed by atoms with van der Waals surface area (Å²) < 4.78 is 0. The van der Waals surface area contributed by atoms with Gasteiger partial charge < -0.3 is 5.32 Å². The molecular formula is C13H8ClN3OS. The maximum atomic E-state index is 11.9. The minimum atomic E-state index is -0.259. The van der Waals surface area contributed by atoms with Gasteiger partial charge in [0.25, 0.3) is 5.91 Å². The van der Waals surface area contributed by atoms with Crippen molar-refractivity contribution in [1.29, 1.82) is 5.26 Å². The molecule has 1 heterocycles. The molecule has 0 spiro atoms. The van der Waals surface area contributed by atoms with Gasteiger partial charge in [0.05, 0.1) is 0 Å². The molecule has 4 nitrogen and oxygen atoms in total. The summed E-state index contributed by atoms with van der Waals surface area (Å²) in [5, 5.41) is 13.5. The first-order chi connectivity index (χ1) is 9.19. The van der Waals surface area contributed by atoms with Crippen LogP contribution in [-0.4, -0.2) is 10.9 Å². The molecule has 0 bridgehead atoms. The maximum absolute atomic E-state index is 11.9. The number of anilines is 1. The van der Waals surface area contributed by atoms with E-state index < -0.39 is 0 Å². The van der Waals surface area contributed by atoms with Crippen molar-refractivity contribution in [2.24, 2.45) is 0 Å². The Hall–Kier alpha value is -2.03. The van der Waals surface area contributed by atoms with E-state index in [1.54, 1.807) is 30.3 Å². The molecule has 1 aromatic carbocycles. The van der Waals surface area contributed by atoms with Gasteiger partial charge in [-0.3, -0.25) is 4.79 Å². The second kappa shape index (κ2) is 6.23. The summed E-state index contributed by atoms with van der Waals surface area (Å²) in [6.07, 6.45) is 1.48. The van der Waals surface area contributed by atoms with Crippen molar-refractivity contribution in [1.82, 2.24) is 4.98 Å². The van der Waals surface area contributed by atoms with Crippen LogP contribution in [-0.2, 0) is 0 Å². The number of rotatable bonds is 3. The second-order valence-corrected chi connectivity index (χ2v) is 4.78. The molecule has 2 rings (SSSR count). The quantitative estimate of drug-likeness (QED) is 0.533. The fourth-order valence-electron chi connectivity index (χ4n) is 1.41. The molecule has 0 saturated carbocycles. The third-order valence-corrected chi connectivity index (χ3v) is 3.07. The third kappa shape index (κ3) is 3.71. The minimum Gasteiger partial charge on any atom is -0.322 e. The van der Waals surface area contributed by atoms with Crippen molar-refractivity contribution >= 4 is 35.0 Å². The minimum absolute atomic E-state index is 0.259. The first-order valence-corrected chi connectivity index (χ1v) is 6.47. The van der Waals surface area contributed by atoms with Gasteiger partial charge in [0, 0.05) is 22.3 Å². The smallest absolute Gasteiger partial charge is 0.255 e. The molecule has 1 amide bonds. The van der Waals surface area contributed by atoms with E-state index in [9.17, 15) is 4.79 Å². The van der Waals surface area contributed by atoms with Gasteiger partial charge in [0.2, 0.25) is 0 Å². The fraction of sp³-hybridized carbons (Fsp3) is 0. The van der Waals surface area contributed by atoms with Gasteiger partial charge in [-0.05, 0) is 48.2 Å². The van der Waals surface area contributed by atoms with Gasteiger partial charge in [-0.15, -0.1) is 0 Å². The van der Waals surface area contributed by atoms with Crippen LogP contribution in [0, 0.1) is 10.7 Å². The Balaban J connectivity index is 2.09. The van der Waals surface area contributed by atoms with Crippen molar-refractivity contribution in [3.05, 3.63) is 53.3 Å². The van der Waals surface area contributed by atoms with Crippen LogP contribution in [0.4, 0.5) is 5.69 Å². The lowest BCUT2D eigenvalue weighted by atomic mass is 10.2. The lowest BCUT2D eigenvalue weighted by Crippen LogP contribution is -2.11. The Bertz CT molecular complexity index is 637. The Kier molecular flexibility index (Phi) is 4.39. The summed E-state index contributed by atoms with van der Waals surface area (Å²) in [6, 6.07) is 10.1. The highest BCUT2D eigenvalue weighted by atomic mass is 35.5. The number of hydrogen-bond donors (Lipinski definition) is 1. The molecule has 0 aliphatic heterocycles. The van der Waals surface area contributed by atoms with E-state index in [0.717, 1.165) is 16.7 Å². The van der Waals surface area contributed by atoms with Crippen LogP contribution in [0.15, 0.2) is 47.5 Å². The number of carbonyl (C=O) groups is 1. The summed E-state index contributed by atoms with van der Waals surface area (Å²) in [5.74, 6) is -0.259. The molecule has 19 heavy (non-hydrogen) atoms. The van der Waals surface area contributed by atoms with Crippen molar-refractivity contribution in [3.8, 4) is 5.40 Å². The summed E-state index contributed by atoms with van der Waals surface area (Å²) in [4.78, 5) is 16.6. The van der Waals surface area contributed by atoms with Gasteiger partial charge in [-0.1, -0.05) is 11.6 Å². The molecule has 0 radical (unpaired) electrons. The monoisotopic (exact) mass is 289 g/mol. The Morgan fingerprint density at radius 1 is 1.32 bits per heavy atom. The van der Waals surface area contributed by atoms with Crippen LogP contribution in [0.5, 0.6) is 0 Å². The molecule has 0 aliphatic carbocycles. The van der Waals surface area contributed by atoms with E-state index >= 15 is 0 Å². The zero-order chi connectivity index (χ0) is 13.7. The van der Waals surface area contributed by atoms with Crippen LogP contribution in [0.25, 0.3) is 0 Å². The molecule has 1 aromatic heterocycles. The van der Waals surface area contributed by atoms with Crippen LogP contribution >= 0.6 is 23.4 Å². The van der Waals surface area contributed by atoms with E-state index in [1.807, 2.05) is 5.40 Å². The van der Waals surface area contributed by atoms with E-state index in [-0.39, 0.29) is 11.1 Å². The number of carbonyl (C=O) groups excluding carboxylic acids is 1. The highest BCUT2D eigenvalue weighted by Gasteiger charge is 2.06. The number of halogens is 1. The summed E-state index contributed by atoms with van der Waals surface area (Å²) >= 11 is 6.79. The molecule has 6 heteroatoms. The number of nitrogens with zero attached hydrogens (tertiary/aromatic N) is 2. The zero-order valence-corrected chi connectivity index (χ0v) is 11.2. The summed E-state index contributed by atoms with van der Waals surface area (Å²) in [7, 11) is 0. The molecule has 0 saturated heterocycles. The van der Waals surface area contributed by atoms with Gasteiger partial charge in [0.1, 0.15) is 10.6 Å². The number of hydrogen-bond acceptors (Lipinski definition) is 4. The first kappa shape index (κ1) is 13.4. The molecule has 2 aromatic rings. The highest BCUT2D eigenvalue weighted by molar-refractivity contribution is 8.03. The molecule has 0 aliphatic rings. The summed E-state index contributed by atoms with van der Waals surface area (Å²) in [5.41, 5.74) is 1.09. The zero-order valence-electron chi connectivity index (χ0n) is 9.63. The van der Waals surface area contributed by atoms with Crippen molar-refractivity contribution in [2.75, 3.05) is 5.32 Å². The average Bonchev–Trinajstić information content (AvgIpc) is 2.41. The van der Waals surface area contributed by atoms with Crippen LogP contribution in [0.3, 0.4) is 0 Å². The lowest BCUT2D eigenvalue weighted by Gasteiger charge is -2.05. The number of thioether (sulfide) groups is 1. The first-order valence-electron chi connectivity index (χ1n) is 5.28. The Morgan fingerprint density at radius 3 is 2.68 bits per heavy atom. The largest absolute Gasteiger partial charge is 0.322 e. The topological polar surface area (TPSA) is 65.8 Å². The Morgan fingerprint density at radius 2 is 2.05 bits per heavy atom. The molecule has 0 atom stereocenters. The second-order valence-electron chi connectivity index (χ2n) is 3.54. The van der Waals surface area contributed by atoms with Gasteiger partial charge in [0.15, 0.2) is 0 Å². The SMILES string of the molecule is N#CSc1ccc(NC(=O)c2ccnc(Cl)c2)cc1. The van der Waals surface area contributed by atoms with Crippen molar-refractivity contribution < 1.29 is 4.79 Å². The molecule has 1 N–H and O–H groups in total. The molecule has 0 fully saturated rings. The number of pyridine rings is 1. The van der Waals surface area contributed by atoms with Crippen LogP contribution < -0.4 is 5.32 Å². The Labute approximate surface area is 119 Å². The molecule has 94 valence electrons. The number of nitriles is 1. The van der Waals surface area contributed by atoms with Crippen molar-refractivity contribution in [3.63, 3.8) is 0 Å². The van der Waals surface area contributed by atoms with Gasteiger partial charge >= 0.3 is 0 Å². The predicted molar refractivity (Wildman–Crippen MR) is 75.1 cm³/mol. The van der Waals surface area contributed by atoms with Crippen LogP contribution in [0.2, 0.25) is 5.15 Å².